The number of benzene rings is 1. The number of aliphatic hydroxyl groups is 1. The second-order valence-electron chi connectivity index (χ2n) is 8.23. The maximum Gasteiger partial charge on any atom is 0.343 e. The molecule has 0 bridgehead atoms. The molecule has 4 atom stereocenters. The average Bonchev–Trinajstić information content (AvgIpc) is 3.50. The number of carbonyl (C=O) groups is 3. The quantitative estimate of drug-likeness (QED) is 0.145. The van der Waals surface area contributed by atoms with Crippen LogP contribution in [0.15, 0.2) is 30.6 Å². The van der Waals surface area contributed by atoms with Crippen LogP contribution in [0.5, 0.6) is 5.75 Å². The van der Waals surface area contributed by atoms with Crippen molar-refractivity contribution in [3.05, 3.63) is 41.4 Å². The lowest BCUT2D eigenvalue weighted by molar-refractivity contribution is -0.172. The van der Waals surface area contributed by atoms with E-state index in [0.717, 1.165) is 7.11 Å². The van der Waals surface area contributed by atoms with Gasteiger partial charge in [0.15, 0.2) is 30.6 Å². The Bertz CT molecular complexity index is 1330. The van der Waals surface area contributed by atoms with Crippen LogP contribution in [-0.2, 0) is 30.3 Å². The number of anilines is 1. The summed E-state index contributed by atoms with van der Waals surface area (Å²) in [7, 11) is 1.00. The smallest absolute Gasteiger partial charge is 0.343 e. The fraction of sp³-hybridized carbons (Fsp3) is 0.391. The first-order valence-electron chi connectivity index (χ1n) is 11.3. The van der Waals surface area contributed by atoms with E-state index in [1.165, 1.54) is 35.2 Å². The normalized spacial score (nSPS) is 20.1. The number of carboxylic acids is 2. The van der Waals surface area contributed by atoms with Gasteiger partial charge in [-0.1, -0.05) is 12.1 Å². The summed E-state index contributed by atoms with van der Waals surface area (Å²) >= 11 is 5.86. The van der Waals surface area contributed by atoms with Gasteiger partial charge in [0.25, 0.3) is 0 Å². The molecule has 1 aromatic carbocycles. The van der Waals surface area contributed by atoms with Gasteiger partial charge in [-0.15, -0.1) is 0 Å². The van der Waals surface area contributed by atoms with Crippen molar-refractivity contribution in [2.24, 2.45) is 0 Å². The molecule has 5 N–H and O–H groups in total. The fourth-order valence-corrected chi connectivity index (χ4v) is 4.03. The van der Waals surface area contributed by atoms with Gasteiger partial charge in [0.2, 0.25) is 10.9 Å². The van der Waals surface area contributed by atoms with Gasteiger partial charge in [-0.25, -0.2) is 19.0 Å². The first kappa shape index (κ1) is 29.6. The van der Waals surface area contributed by atoms with E-state index in [2.05, 4.69) is 15.0 Å². The minimum absolute atomic E-state index is 0.0146. The number of nitrogens with two attached hydrogens (primary N) is 1. The second-order valence-corrected chi connectivity index (χ2v) is 8.57. The summed E-state index contributed by atoms with van der Waals surface area (Å²) in [6.07, 6.45) is -2.65. The molecular weight excluding hydrogens is 545 g/mol. The topological polar surface area (TPSA) is 209 Å². The van der Waals surface area contributed by atoms with E-state index in [4.69, 9.17) is 41.8 Å². The standard InChI is InChI=1S/C22H21ClFN5O8.CH4O/c23-21-27-17(25)16-18(28-21)29(10-26-16)19-14(24)5-13(37-19)7-36-22(9-30,20(33)34)6-11-1-3-12(4-2-11)35-8-15(31)32;1-2/h1-4,9-10,13-14,19H,5-8H2,(H,31,32)(H,33,34)(H2,25,27,28);2H,1H3. The third kappa shape index (κ3) is 6.75. The van der Waals surface area contributed by atoms with Gasteiger partial charge < -0.3 is 35.3 Å². The summed E-state index contributed by atoms with van der Waals surface area (Å²) in [5.41, 5.74) is 4.30. The van der Waals surface area contributed by atoms with Crippen LogP contribution >= 0.6 is 11.6 Å². The van der Waals surface area contributed by atoms with E-state index in [-0.39, 0.29) is 47.1 Å². The number of nitrogens with zero attached hydrogens (tertiary/aromatic N) is 4. The summed E-state index contributed by atoms with van der Waals surface area (Å²) in [5, 5.41) is 25.3. The molecule has 4 rings (SSSR count). The summed E-state index contributed by atoms with van der Waals surface area (Å²) in [5.74, 6) is -2.43. The highest BCUT2D eigenvalue weighted by Crippen LogP contribution is 2.35. The van der Waals surface area contributed by atoms with Crippen LogP contribution in [-0.4, -0.2) is 91.3 Å². The lowest BCUT2D eigenvalue weighted by atomic mass is 9.95. The summed E-state index contributed by atoms with van der Waals surface area (Å²) in [4.78, 5) is 46.4. The number of aromatic nitrogens is 4. The highest BCUT2D eigenvalue weighted by atomic mass is 35.5. The van der Waals surface area contributed by atoms with Crippen molar-refractivity contribution in [3.63, 3.8) is 0 Å². The molecule has 2 aromatic heterocycles. The van der Waals surface area contributed by atoms with Crippen molar-refractivity contribution < 1.29 is 48.3 Å². The van der Waals surface area contributed by atoms with Crippen LogP contribution in [0.4, 0.5) is 10.2 Å². The number of aliphatic carboxylic acids is 2. The Morgan fingerprint density at radius 1 is 1.28 bits per heavy atom. The molecule has 0 aliphatic carbocycles. The number of aldehydes is 1. The number of aliphatic hydroxyl groups excluding tert-OH is 1. The van der Waals surface area contributed by atoms with Crippen molar-refractivity contribution >= 4 is 46.8 Å². The van der Waals surface area contributed by atoms with Gasteiger partial charge in [0, 0.05) is 20.0 Å². The first-order chi connectivity index (χ1) is 18.6. The number of fused-ring (bicyclic) bond motifs is 1. The minimum atomic E-state index is -2.27. The number of halogens is 2. The van der Waals surface area contributed by atoms with Crippen molar-refractivity contribution in [3.8, 4) is 5.75 Å². The maximum absolute atomic E-state index is 14.9. The molecule has 39 heavy (non-hydrogen) atoms. The van der Waals surface area contributed by atoms with Gasteiger partial charge in [-0.2, -0.15) is 9.97 Å². The molecule has 16 heteroatoms. The molecule has 1 saturated heterocycles. The Hall–Kier alpha value is -3.92. The van der Waals surface area contributed by atoms with E-state index < -0.39 is 49.3 Å². The van der Waals surface area contributed by atoms with Crippen molar-refractivity contribution in [1.29, 1.82) is 0 Å². The Morgan fingerprint density at radius 3 is 2.59 bits per heavy atom. The lowest BCUT2D eigenvalue weighted by Gasteiger charge is -2.25. The van der Waals surface area contributed by atoms with Gasteiger partial charge in [-0.05, 0) is 29.3 Å². The van der Waals surface area contributed by atoms with E-state index in [9.17, 15) is 23.9 Å². The second kappa shape index (κ2) is 12.8. The molecule has 0 spiro atoms. The highest BCUT2D eigenvalue weighted by molar-refractivity contribution is 6.28. The summed E-state index contributed by atoms with van der Waals surface area (Å²) in [6.45, 7) is -0.942. The Labute approximate surface area is 225 Å². The maximum atomic E-state index is 14.9. The molecule has 3 aromatic rings. The zero-order chi connectivity index (χ0) is 28.7. The third-order valence-electron chi connectivity index (χ3n) is 5.66. The number of hydrogen-bond acceptors (Lipinski definition) is 11. The number of rotatable bonds is 11. The number of carboxylic acid groups (broad SMARTS) is 2. The third-order valence-corrected chi connectivity index (χ3v) is 5.83. The van der Waals surface area contributed by atoms with Crippen molar-refractivity contribution in [2.45, 2.75) is 36.9 Å². The van der Waals surface area contributed by atoms with Gasteiger partial charge in [0.05, 0.1) is 19.0 Å². The monoisotopic (exact) mass is 569 g/mol. The van der Waals surface area contributed by atoms with Crippen molar-refractivity contribution in [1.82, 2.24) is 19.5 Å². The zero-order valence-electron chi connectivity index (χ0n) is 20.4. The Kier molecular flexibility index (Phi) is 9.69. The van der Waals surface area contributed by atoms with Gasteiger partial charge in [-0.3, -0.25) is 9.36 Å². The summed E-state index contributed by atoms with van der Waals surface area (Å²) in [6, 6.07) is 5.83. The number of ether oxygens (including phenoxy) is 3. The molecule has 0 amide bonds. The number of imidazole rings is 1. The minimum Gasteiger partial charge on any atom is -0.482 e. The predicted molar refractivity (Wildman–Crippen MR) is 132 cm³/mol. The van der Waals surface area contributed by atoms with Crippen LogP contribution in [0.3, 0.4) is 0 Å². The first-order valence-corrected chi connectivity index (χ1v) is 11.7. The zero-order valence-corrected chi connectivity index (χ0v) is 21.2. The molecule has 4 unspecified atom stereocenters. The van der Waals surface area contributed by atoms with Crippen LogP contribution in [0.2, 0.25) is 5.28 Å². The van der Waals surface area contributed by atoms with E-state index in [1.807, 2.05) is 0 Å². The van der Waals surface area contributed by atoms with E-state index >= 15 is 0 Å². The van der Waals surface area contributed by atoms with E-state index in [1.54, 1.807) is 0 Å². The van der Waals surface area contributed by atoms with Crippen molar-refractivity contribution in [2.75, 3.05) is 26.1 Å². The SMILES string of the molecule is CO.Nc1nc(Cl)nc2c1ncn2C1OC(COC(C=O)(Cc2ccc(OCC(=O)O)cc2)C(=O)O)CC1F. The molecule has 210 valence electrons. The van der Waals surface area contributed by atoms with Gasteiger partial charge >= 0.3 is 11.9 Å². The summed E-state index contributed by atoms with van der Waals surface area (Å²) < 4.78 is 32.5. The van der Waals surface area contributed by atoms with E-state index in [0.29, 0.717) is 5.56 Å². The largest absolute Gasteiger partial charge is 0.482 e. The fourth-order valence-electron chi connectivity index (χ4n) is 3.86. The molecule has 3 heterocycles. The predicted octanol–water partition coefficient (Wildman–Crippen LogP) is 1.04. The number of carbonyl (C=O) groups excluding carboxylic acids is 1. The highest BCUT2D eigenvalue weighted by Gasteiger charge is 2.44. The molecule has 1 aliphatic heterocycles. The lowest BCUT2D eigenvalue weighted by Crippen LogP contribution is -2.47. The number of hydrogen-bond donors (Lipinski definition) is 4. The molecule has 1 fully saturated rings. The van der Waals surface area contributed by atoms with Crippen LogP contribution in [0, 0.1) is 0 Å². The van der Waals surface area contributed by atoms with Crippen LogP contribution < -0.4 is 10.5 Å². The van der Waals surface area contributed by atoms with Gasteiger partial charge in [0.1, 0.15) is 17.4 Å². The molecule has 1 aliphatic rings. The molecule has 14 nitrogen and oxygen atoms in total. The molecular formula is C23H25ClFN5O9. The molecule has 0 radical (unpaired) electrons. The average molecular weight is 570 g/mol. The number of nitrogen functional groups attached to an aromatic ring is 1. The van der Waals surface area contributed by atoms with Crippen LogP contribution in [0.25, 0.3) is 11.2 Å². The number of alkyl halides is 1. The molecule has 0 saturated carbocycles. The Balaban J connectivity index is 0.00000205. The Morgan fingerprint density at radius 2 is 1.97 bits per heavy atom. The van der Waals surface area contributed by atoms with Crippen LogP contribution in [0.1, 0.15) is 18.2 Å².